The van der Waals surface area contributed by atoms with Crippen LogP contribution in [-0.4, -0.2) is 58.2 Å². The van der Waals surface area contributed by atoms with Crippen molar-refractivity contribution in [3.05, 3.63) is 11.6 Å². The van der Waals surface area contributed by atoms with Crippen LogP contribution in [0.4, 0.5) is 0 Å². The van der Waals surface area contributed by atoms with Gasteiger partial charge < -0.3 is 14.9 Å². The number of Topliss-reactive ketones (excluding diaryl/α,β-unsaturated/α-hetero) is 1. The van der Waals surface area contributed by atoms with Crippen molar-refractivity contribution in [3.8, 4) is 0 Å². The van der Waals surface area contributed by atoms with E-state index in [1.165, 1.54) is 0 Å². The fourth-order valence-electron chi connectivity index (χ4n) is 5.37. The second-order valence-electron chi connectivity index (χ2n) is 10.7. The number of allylic oxidation sites excluding steroid dienone is 1. The van der Waals surface area contributed by atoms with Crippen LogP contribution in [0.2, 0.25) is 0 Å². The maximum atomic E-state index is 13.0. The molecule has 0 radical (unpaired) electrons. The average Bonchev–Trinajstić information content (AvgIpc) is 2.84. The van der Waals surface area contributed by atoms with Gasteiger partial charge in [0.25, 0.3) is 0 Å². The quantitative estimate of drug-likeness (QED) is 0.237. The van der Waals surface area contributed by atoms with Crippen molar-refractivity contribution in [2.75, 3.05) is 6.54 Å². The second-order valence-corrected chi connectivity index (χ2v) is 10.7. The number of fused-ring (bicyclic) bond motifs is 1. The molecular weight excluding hydrogens is 474 g/mol. The molecule has 0 bridgehead atoms. The van der Waals surface area contributed by atoms with Crippen LogP contribution in [0.3, 0.4) is 0 Å². The first-order chi connectivity index (χ1) is 17.6. The fourth-order valence-corrected chi connectivity index (χ4v) is 5.37. The highest BCUT2D eigenvalue weighted by Gasteiger charge is 2.46. The van der Waals surface area contributed by atoms with Crippen molar-refractivity contribution in [3.63, 3.8) is 0 Å². The molecular formula is C29H45NO7. The van der Waals surface area contributed by atoms with E-state index in [1.807, 2.05) is 20.8 Å². The number of esters is 1. The molecule has 2 aliphatic rings. The Bertz CT molecular complexity index is 877. The van der Waals surface area contributed by atoms with Gasteiger partial charge in [-0.3, -0.25) is 24.2 Å². The first-order valence-corrected chi connectivity index (χ1v) is 14.0. The maximum Gasteiger partial charge on any atom is 0.308 e. The summed E-state index contributed by atoms with van der Waals surface area (Å²) in [4.78, 5) is 54.0. The Kier molecular flexibility index (Phi) is 12.6. The highest BCUT2D eigenvalue weighted by Crippen LogP contribution is 2.44. The lowest BCUT2D eigenvalue weighted by atomic mass is 9.63. The molecule has 6 unspecified atom stereocenters. The second kappa shape index (κ2) is 15.2. The van der Waals surface area contributed by atoms with Gasteiger partial charge in [0.2, 0.25) is 0 Å². The van der Waals surface area contributed by atoms with Crippen molar-refractivity contribution in [2.45, 2.75) is 111 Å². The third-order valence-corrected chi connectivity index (χ3v) is 7.84. The Labute approximate surface area is 220 Å². The molecule has 37 heavy (non-hydrogen) atoms. The molecule has 0 aromatic heterocycles. The summed E-state index contributed by atoms with van der Waals surface area (Å²) in [6.07, 6.45) is 6.23. The van der Waals surface area contributed by atoms with E-state index in [9.17, 15) is 24.3 Å². The van der Waals surface area contributed by atoms with Gasteiger partial charge in [-0.05, 0) is 49.7 Å². The number of carboxylic acids is 1. The number of carbonyl (C=O) groups is 4. The molecule has 6 atom stereocenters. The van der Waals surface area contributed by atoms with Crippen molar-refractivity contribution >= 4 is 29.2 Å². The zero-order valence-electron chi connectivity index (χ0n) is 22.9. The van der Waals surface area contributed by atoms with Gasteiger partial charge in [-0.2, -0.15) is 0 Å². The number of aliphatic hydroxyl groups excluding tert-OH is 1. The van der Waals surface area contributed by atoms with Crippen LogP contribution in [0.25, 0.3) is 0 Å². The Hall–Kier alpha value is -2.35. The van der Waals surface area contributed by atoms with Gasteiger partial charge in [0.05, 0.1) is 18.4 Å². The standard InChI is InChI=1S/C29H45NO7/c1-5-7-8-9-14-30-24-12-13-26(37-29(36)18(3)6-2)28-22(19(4)25(33)17-23(24)28)11-10-20(31)15-21(32)16-27(34)35/h17-19,21-22,26,28,32H,5-16H2,1-4H3,(H,34,35). The number of ketones is 2. The summed E-state index contributed by atoms with van der Waals surface area (Å²) in [5.41, 5.74) is 1.75. The predicted octanol–water partition coefficient (Wildman–Crippen LogP) is 4.71. The average molecular weight is 520 g/mol. The van der Waals surface area contributed by atoms with Crippen LogP contribution in [0.1, 0.15) is 98.3 Å². The van der Waals surface area contributed by atoms with Gasteiger partial charge in [-0.1, -0.05) is 47.0 Å². The lowest BCUT2D eigenvalue weighted by Gasteiger charge is -2.43. The maximum absolute atomic E-state index is 13.0. The largest absolute Gasteiger partial charge is 0.481 e. The number of ether oxygens (including phenoxy) is 1. The van der Waals surface area contributed by atoms with Gasteiger partial charge >= 0.3 is 11.9 Å². The van der Waals surface area contributed by atoms with E-state index < -0.39 is 18.5 Å². The molecule has 2 N–H and O–H groups in total. The summed E-state index contributed by atoms with van der Waals surface area (Å²) < 4.78 is 6.01. The first kappa shape index (κ1) is 30.9. The van der Waals surface area contributed by atoms with Gasteiger partial charge in [0.1, 0.15) is 11.9 Å². The highest BCUT2D eigenvalue weighted by molar-refractivity contribution is 6.08. The number of hydrogen-bond acceptors (Lipinski definition) is 7. The number of carboxylic acid groups (broad SMARTS) is 1. The van der Waals surface area contributed by atoms with E-state index in [0.717, 1.165) is 37.0 Å². The third-order valence-electron chi connectivity index (χ3n) is 7.84. The smallest absolute Gasteiger partial charge is 0.308 e. The molecule has 208 valence electrons. The van der Waals surface area contributed by atoms with Gasteiger partial charge in [-0.25, -0.2) is 0 Å². The van der Waals surface area contributed by atoms with Gasteiger partial charge in [-0.15, -0.1) is 0 Å². The summed E-state index contributed by atoms with van der Waals surface area (Å²) in [6, 6.07) is 0. The van der Waals surface area contributed by atoms with Crippen LogP contribution < -0.4 is 0 Å². The number of unbranched alkanes of at least 4 members (excludes halogenated alkanes) is 3. The van der Waals surface area contributed by atoms with Crippen molar-refractivity contribution in [1.82, 2.24) is 0 Å². The first-order valence-electron chi connectivity index (χ1n) is 14.0. The van der Waals surface area contributed by atoms with E-state index in [-0.39, 0.29) is 60.2 Å². The van der Waals surface area contributed by atoms with Crippen LogP contribution in [0.5, 0.6) is 0 Å². The van der Waals surface area contributed by atoms with Gasteiger partial charge in [0, 0.05) is 36.9 Å². The lowest BCUT2D eigenvalue weighted by Crippen LogP contribution is -2.46. The molecule has 1 fully saturated rings. The third kappa shape index (κ3) is 9.16. The molecule has 8 heteroatoms. The Morgan fingerprint density at radius 2 is 1.89 bits per heavy atom. The molecule has 0 aromatic carbocycles. The molecule has 0 spiro atoms. The van der Waals surface area contributed by atoms with E-state index >= 15 is 0 Å². The number of carbonyl (C=O) groups excluding carboxylic acids is 3. The molecule has 2 rings (SSSR count). The van der Waals surface area contributed by atoms with E-state index in [2.05, 4.69) is 6.92 Å². The van der Waals surface area contributed by atoms with E-state index in [0.29, 0.717) is 32.2 Å². The summed E-state index contributed by atoms with van der Waals surface area (Å²) in [6.45, 7) is 8.50. The van der Waals surface area contributed by atoms with Crippen LogP contribution in [0.15, 0.2) is 16.6 Å². The highest BCUT2D eigenvalue weighted by atomic mass is 16.5. The van der Waals surface area contributed by atoms with Crippen molar-refractivity contribution < 1.29 is 34.1 Å². The zero-order chi connectivity index (χ0) is 27.5. The molecule has 0 amide bonds. The minimum atomic E-state index is -1.23. The number of aliphatic imine (C=N–C) groups is 1. The van der Waals surface area contributed by atoms with Crippen LogP contribution in [0, 0.1) is 23.7 Å². The molecule has 0 saturated heterocycles. The minimum Gasteiger partial charge on any atom is -0.481 e. The normalized spacial score (nSPS) is 26.2. The summed E-state index contributed by atoms with van der Waals surface area (Å²) >= 11 is 0. The Morgan fingerprint density at radius 1 is 1.16 bits per heavy atom. The topological polar surface area (TPSA) is 130 Å². The predicted molar refractivity (Wildman–Crippen MR) is 141 cm³/mol. The molecule has 2 aliphatic carbocycles. The van der Waals surface area contributed by atoms with Gasteiger partial charge in [0.15, 0.2) is 5.78 Å². The number of aliphatic carboxylic acids is 1. The Balaban J connectivity index is 2.26. The molecule has 8 nitrogen and oxygen atoms in total. The summed E-state index contributed by atoms with van der Waals surface area (Å²) in [7, 11) is 0. The molecule has 0 aromatic rings. The number of rotatable bonds is 15. The lowest BCUT2D eigenvalue weighted by molar-refractivity contribution is -0.158. The zero-order valence-corrected chi connectivity index (χ0v) is 22.9. The molecule has 0 aliphatic heterocycles. The fraction of sp³-hybridized carbons (Fsp3) is 0.759. The van der Waals surface area contributed by atoms with Crippen molar-refractivity contribution in [2.24, 2.45) is 28.7 Å². The van der Waals surface area contributed by atoms with Crippen molar-refractivity contribution in [1.29, 1.82) is 0 Å². The number of nitrogens with zero attached hydrogens (tertiary/aromatic N) is 1. The SMILES string of the molecule is CCCCCCN=C1CCC(OC(=O)C(C)CC)C2C1=CC(=O)C(C)C2CCC(=O)CC(O)CC(=O)O. The number of aliphatic hydroxyl groups is 1. The molecule has 1 saturated carbocycles. The van der Waals surface area contributed by atoms with Crippen LogP contribution >= 0.6 is 0 Å². The minimum absolute atomic E-state index is 0.0119. The molecule has 0 heterocycles. The Morgan fingerprint density at radius 3 is 2.54 bits per heavy atom. The summed E-state index contributed by atoms with van der Waals surface area (Å²) in [5, 5.41) is 18.7. The van der Waals surface area contributed by atoms with Crippen LogP contribution in [-0.2, 0) is 23.9 Å². The number of hydrogen-bond donors (Lipinski definition) is 2. The van der Waals surface area contributed by atoms with E-state index in [1.54, 1.807) is 6.08 Å². The van der Waals surface area contributed by atoms with E-state index in [4.69, 9.17) is 14.8 Å². The monoisotopic (exact) mass is 519 g/mol. The summed E-state index contributed by atoms with van der Waals surface area (Å²) in [5.74, 6) is -2.66.